The third kappa shape index (κ3) is 4.12. The van der Waals surface area contributed by atoms with Crippen molar-refractivity contribution in [2.45, 2.75) is 11.9 Å². The Balaban J connectivity index is 1.30. The number of aromatic nitrogens is 5. The minimum Gasteiger partial charge on any atom is -0.301 e. The Morgan fingerprint density at radius 3 is 2.81 bits per heavy atom. The average molecular weight is 451 g/mol. The van der Waals surface area contributed by atoms with Gasteiger partial charge in [-0.25, -0.2) is 9.37 Å². The molecule has 0 radical (unpaired) electrons. The number of hydrogen-bond donors (Lipinski definition) is 1. The molecule has 0 saturated heterocycles. The van der Waals surface area contributed by atoms with E-state index < -0.39 is 0 Å². The number of nitrogens with zero attached hydrogens (tertiary/aromatic N) is 5. The van der Waals surface area contributed by atoms with Crippen LogP contribution < -0.4 is 5.32 Å². The molecular formula is C21H15FN6OS2. The molecule has 0 bridgehead atoms. The van der Waals surface area contributed by atoms with Crippen molar-refractivity contribution in [1.29, 1.82) is 0 Å². The van der Waals surface area contributed by atoms with Crippen LogP contribution in [-0.4, -0.2) is 36.5 Å². The number of hydrogen-bond acceptors (Lipinski definition) is 7. The highest BCUT2D eigenvalue weighted by molar-refractivity contribution is 7.99. The molecule has 1 amide bonds. The molecule has 0 aliphatic rings. The molecule has 3 aromatic heterocycles. The summed E-state index contributed by atoms with van der Waals surface area (Å²) in [4.78, 5) is 16.9. The van der Waals surface area contributed by atoms with Crippen molar-refractivity contribution < 1.29 is 9.18 Å². The lowest BCUT2D eigenvalue weighted by atomic mass is 10.2. The molecule has 3 heterocycles. The maximum atomic E-state index is 13.2. The summed E-state index contributed by atoms with van der Waals surface area (Å²) in [5.74, 6) is 0.203. The Morgan fingerprint density at radius 2 is 1.97 bits per heavy atom. The SMILES string of the molecule is Cc1ccc2nc(NC(=O)CSc3ccc4nnc(-c5ccc(F)cc5)n4n3)sc2c1. The number of rotatable bonds is 5. The van der Waals surface area contributed by atoms with Gasteiger partial charge in [-0.1, -0.05) is 29.2 Å². The van der Waals surface area contributed by atoms with Crippen LogP contribution in [0.2, 0.25) is 0 Å². The zero-order valence-corrected chi connectivity index (χ0v) is 17.9. The Morgan fingerprint density at radius 1 is 1.13 bits per heavy atom. The van der Waals surface area contributed by atoms with Gasteiger partial charge in [-0.2, -0.15) is 9.61 Å². The molecule has 5 aromatic rings. The second-order valence-electron chi connectivity index (χ2n) is 6.80. The summed E-state index contributed by atoms with van der Waals surface area (Å²) in [7, 11) is 0. The average Bonchev–Trinajstić information content (AvgIpc) is 3.35. The van der Waals surface area contributed by atoms with Crippen LogP contribution in [0.1, 0.15) is 5.56 Å². The number of thioether (sulfide) groups is 1. The van der Waals surface area contributed by atoms with E-state index in [9.17, 15) is 9.18 Å². The number of nitrogens with one attached hydrogen (secondary N) is 1. The van der Waals surface area contributed by atoms with E-state index in [1.54, 1.807) is 28.8 Å². The Hall–Kier alpha value is -3.37. The molecule has 7 nitrogen and oxygen atoms in total. The predicted octanol–water partition coefficient (Wildman–Crippen LogP) is 4.58. The molecule has 1 N–H and O–H groups in total. The van der Waals surface area contributed by atoms with Gasteiger partial charge in [0.2, 0.25) is 5.91 Å². The van der Waals surface area contributed by atoms with Crippen LogP contribution in [0, 0.1) is 12.7 Å². The van der Waals surface area contributed by atoms with Gasteiger partial charge in [0.1, 0.15) is 10.8 Å². The van der Waals surface area contributed by atoms with Crippen molar-refractivity contribution in [3.8, 4) is 11.4 Å². The van der Waals surface area contributed by atoms with E-state index in [1.807, 2.05) is 19.1 Å². The molecule has 0 aliphatic carbocycles. The minimum absolute atomic E-state index is 0.162. The Kier molecular flexibility index (Phi) is 5.08. The third-order valence-corrected chi connectivity index (χ3v) is 6.34. The van der Waals surface area contributed by atoms with Crippen LogP contribution in [-0.2, 0) is 4.79 Å². The van der Waals surface area contributed by atoms with Crippen LogP contribution in [0.4, 0.5) is 9.52 Å². The second kappa shape index (κ2) is 8.05. The minimum atomic E-state index is -0.323. The van der Waals surface area contributed by atoms with E-state index in [0.717, 1.165) is 15.8 Å². The summed E-state index contributed by atoms with van der Waals surface area (Å²) >= 11 is 2.75. The first kappa shape index (κ1) is 19.6. The topological polar surface area (TPSA) is 85.1 Å². The van der Waals surface area contributed by atoms with E-state index in [2.05, 4.69) is 31.7 Å². The molecule has 31 heavy (non-hydrogen) atoms. The molecule has 0 fully saturated rings. The van der Waals surface area contributed by atoms with E-state index in [-0.39, 0.29) is 17.5 Å². The van der Waals surface area contributed by atoms with Gasteiger partial charge in [0.05, 0.1) is 16.0 Å². The maximum absolute atomic E-state index is 13.2. The lowest BCUT2D eigenvalue weighted by Gasteiger charge is -2.03. The zero-order chi connectivity index (χ0) is 21.4. The Labute approximate surface area is 184 Å². The summed E-state index contributed by atoms with van der Waals surface area (Å²) in [5, 5.41) is 16.8. The second-order valence-corrected chi connectivity index (χ2v) is 8.83. The monoisotopic (exact) mass is 450 g/mol. The fraction of sp³-hybridized carbons (Fsp3) is 0.0952. The van der Waals surface area contributed by atoms with Crippen LogP contribution in [0.3, 0.4) is 0 Å². The smallest absolute Gasteiger partial charge is 0.236 e. The first-order valence-electron chi connectivity index (χ1n) is 9.33. The molecule has 0 spiro atoms. The first-order chi connectivity index (χ1) is 15.0. The molecule has 0 atom stereocenters. The molecule has 0 unspecified atom stereocenters. The maximum Gasteiger partial charge on any atom is 0.236 e. The number of carbonyl (C=O) groups excluding carboxylic acids is 1. The van der Waals surface area contributed by atoms with E-state index in [0.29, 0.717) is 27.2 Å². The molecule has 2 aromatic carbocycles. The van der Waals surface area contributed by atoms with E-state index in [4.69, 9.17) is 0 Å². The molecule has 0 saturated carbocycles. The standard InChI is InChI=1S/C21H15FN6OS2/c1-12-2-7-15-16(10-12)31-21(23-15)24-18(29)11-30-19-9-8-17-25-26-20(28(17)27-19)13-3-5-14(22)6-4-13/h2-10H,11H2,1H3,(H,23,24,29). The summed E-state index contributed by atoms with van der Waals surface area (Å²) in [6.45, 7) is 2.02. The molecule has 154 valence electrons. The molecule has 10 heteroatoms. The number of halogens is 1. The van der Waals surface area contributed by atoms with Crippen LogP contribution >= 0.6 is 23.1 Å². The van der Waals surface area contributed by atoms with Crippen molar-refractivity contribution in [2.75, 3.05) is 11.1 Å². The highest BCUT2D eigenvalue weighted by Gasteiger charge is 2.12. The van der Waals surface area contributed by atoms with Gasteiger partial charge in [-0.3, -0.25) is 4.79 Å². The van der Waals surface area contributed by atoms with Gasteiger partial charge in [0.25, 0.3) is 0 Å². The van der Waals surface area contributed by atoms with Crippen LogP contribution in [0.5, 0.6) is 0 Å². The number of carbonyl (C=O) groups is 1. The summed E-state index contributed by atoms with van der Waals surface area (Å²) in [5.41, 5.74) is 3.29. The number of aryl methyl sites for hydroxylation is 1. The summed E-state index contributed by atoms with van der Waals surface area (Å²) in [6.07, 6.45) is 0. The van der Waals surface area contributed by atoms with Gasteiger partial charge in [0.15, 0.2) is 16.6 Å². The summed E-state index contributed by atoms with van der Waals surface area (Å²) in [6, 6.07) is 15.5. The quantitative estimate of drug-likeness (QED) is 0.395. The van der Waals surface area contributed by atoms with Crippen molar-refractivity contribution in [1.82, 2.24) is 24.8 Å². The van der Waals surface area contributed by atoms with Crippen molar-refractivity contribution in [2.24, 2.45) is 0 Å². The highest BCUT2D eigenvalue weighted by atomic mass is 32.2. The van der Waals surface area contributed by atoms with Crippen molar-refractivity contribution in [3.05, 3.63) is 66.0 Å². The Bertz CT molecular complexity index is 1410. The van der Waals surface area contributed by atoms with Crippen LogP contribution in [0.25, 0.3) is 27.3 Å². The first-order valence-corrected chi connectivity index (χ1v) is 11.1. The lowest BCUT2D eigenvalue weighted by Crippen LogP contribution is -2.14. The highest BCUT2D eigenvalue weighted by Crippen LogP contribution is 2.27. The van der Waals surface area contributed by atoms with Gasteiger partial charge in [0, 0.05) is 5.56 Å². The zero-order valence-electron chi connectivity index (χ0n) is 16.2. The van der Waals surface area contributed by atoms with Gasteiger partial charge >= 0.3 is 0 Å². The van der Waals surface area contributed by atoms with E-state index >= 15 is 0 Å². The fourth-order valence-electron chi connectivity index (χ4n) is 3.01. The fourth-order valence-corrected chi connectivity index (χ4v) is 4.64. The molecule has 0 aliphatic heterocycles. The van der Waals surface area contributed by atoms with Crippen molar-refractivity contribution in [3.63, 3.8) is 0 Å². The molecule has 5 rings (SSSR count). The van der Waals surface area contributed by atoms with E-state index in [1.165, 1.54) is 35.2 Å². The normalized spacial score (nSPS) is 11.3. The number of thiazole rings is 1. The van der Waals surface area contributed by atoms with Crippen LogP contribution in [0.15, 0.2) is 59.6 Å². The molecular weight excluding hydrogens is 435 g/mol. The number of fused-ring (bicyclic) bond motifs is 2. The largest absolute Gasteiger partial charge is 0.301 e. The van der Waals surface area contributed by atoms with Gasteiger partial charge in [-0.15, -0.1) is 10.2 Å². The lowest BCUT2D eigenvalue weighted by molar-refractivity contribution is -0.113. The number of amides is 1. The van der Waals surface area contributed by atoms with Crippen molar-refractivity contribution >= 4 is 50.0 Å². The third-order valence-electron chi connectivity index (χ3n) is 4.48. The van der Waals surface area contributed by atoms with Gasteiger partial charge < -0.3 is 5.32 Å². The van der Waals surface area contributed by atoms with Gasteiger partial charge in [-0.05, 0) is 61.0 Å². The summed E-state index contributed by atoms with van der Waals surface area (Å²) < 4.78 is 15.8. The predicted molar refractivity (Wildman–Crippen MR) is 120 cm³/mol. The number of anilines is 1. The number of benzene rings is 2.